The lowest BCUT2D eigenvalue weighted by molar-refractivity contribution is -0.139. The third-order valence-electron chi connectivity index (χ3n) is 6.58. The maximum absolute atomic E-state index is 13.8. The summed E-state index contributed by atoms with van der Waals surface area (Å²) in [7, 11) is -4.05. The molecule has 38 heavy (non-hydrogen) atoms. The largest absolute Gasteiger partial charge is 0.352 e. The molecule has 3 aromatic carbocycles. The molecular formula is C30H37N3O4S. The van der Waals surface area contributed by atoms with Gasteiger partial charge in [0, 0.05) is 12.6 Å². The van der Waals surface area contributed by atoms with Crippen LogP contribution in [0.5, 0.6) is 0 Å². The number of amides is 2. The molecule has 0 aliphatic carbocycles. The third-order valence-corrected chi connectivity index (χ3v) is 8.37. The van der Waals surface area contributed by atoms with E-state index in [0.717, 1.165) is 21.9 Å². The Morgan fingerprint density at radius 2 is 1.45 bits per heavy atom. The van der Waals surface area contributed by atoms with Gasteiger partial charge >= 0.3 is 0 Å². The van der Waals surface area contributed by atoms with Crippen LogP contribution >= 0.6 is 0 Å². The Hall–Kier alpha value is -3.65. The quantitative estimate of drug-likeness (QED) is 0.368. The number of para-hydroxylation sites is 1. The van der Waals surface area contributed by atoms with Gasteiger partial charge in [-0.2, -0.15) is 0 Å². The highest BCUT2D eigenvalue weighted by atomic mass is 32.2. The maximum Gasteiger partial charge on any atom is 0.264 e. The minimum Gasteiger partial charge on any atom is -0.352 e. The van der Waals surface area contributed by atoms with Crippen LogP contribution in [0.3, 0.4) is 0 Å². The van der Waals surface area contributed by atoms with Crippen LogP contribution < -0.4 is 9.62 Å². The Balaban J connectivity index is 1.94. The van der Waals surface area contributed by atoms with Gasteiger partial charge in [0.05, 0.1) is 10.6 Å². The second kappa shape index (κ2) is 13.2. The van der Waals surface area contributed by atoms with Crippen LogP contribution in [0.4, 0.5) is 5.69 Å². The Labute approximate surface area is 226 Å². The van der Waals surface area contributed by atoms with Crippen LogP contribution in [-0.2, 0) is 26.0 Å². The normalized spacial score (nSPS) is 12.8. The summed E-state index contributed by atoms with van der Waals surface area (Å²) in [5, 5.41) is 2.94. The van der Waals surface area contributed by atoms with Crippen LogP contribution in [-0.4, -0.2) is 50.3 Å². The average Bonchev–Trinajstić information content (AvgIpc) is 2.92. The molecule has 0 spiro atoms. The number of rotatable bonds is 12. The lowest BCUT2D eigenvalue weighted by atomic mass is 10.1. The number of benzene rings is 3. The number of hydrogen-bond donors (Lipinski definition) is 1. The first-order chi connectivity index (χ1) is 18.1. The number of carbonyl (C=O) groups is 2. The van der Waals surface area contributed by atoms with E-state index in [4.69, 9.17) is 0 Å². The molecule has 3 rings (SSSR count). The topological polar surface area (TPSA) is 86.8 Å². The minimum absolute atomic E-state index is 0.0428. The SMILES string of the molecule is CC[C@H](C)NC(=O)[C@@H](C)N(CCc1ccccc1)C(=O)CN(c1ccccc1)S(=O)(=O)c1ccc(C)cc1. The monoisotopic (exact) mass is 535 g/mol. The maximum atomic E-state index is 13.8. The zero-order chi connectivity index (χ0) is 27.7. The molecule has 0 unspecified atom stereocenters. The molecule has 7 nitrogen and oxygen atoms in total. The summed E-state index contributed by atoms with van der Waals surface area (Å²) in [5.74, 6) is -0.722. The number of aryl methyl sites for hydroxylation is 1. The van der Waals surface area contributed by atoms with Gasteiger partial charge < -0.3 is 10.2 Å². The second-order valence-electron chi connectivity index (χ2n) is 9.48. The highest BCUT2D eigenvalue weighted by Crippen LogP contribution is 2.24. The zero-order valence-corrected chi connectivity index (χ0v) is 23.3. The van der Waals surface area contributed by atoms with Crippen molar-refractivity contribution in [1.82, 2.24) is 10.2 Å². The molecule has 3 aromatic rings. The summed E-state index contributed by atoms with van der Waals surface area (Å²) in [6.45, 7) is 7.28. The summed E-state index contributed by atoms with van der Waals surface area (Å²) in [5.41, 5.74) is 2.33. The van der Waals surface area contributed by atoms with Crippen molar-refractivity contribution in [2.75, 3.05) is 17.4 Å². The van der Waals surface area contributed by atoms with Gasteiger partial charge in [0.1, 0.15) is 12.6 Å². The molecule has 202 valence electrons. The van der Waals surface area contributed by atoms with Crippen molar-refractivity contribution in [1.29, 1.82) is 0 Å². The number of carbonyl (C=O) groups excluding carboxylic acids is 2. The second-order valence-corrected chi connectivity index (χ2v) is 11.3. The smallest absolute Gasteiger partial charge is 0.264 e. The van der Waals surface area contributed by atoms with Crippen molar-refractivity contribution in [3.63, 3.8) is 0 Å². The number of nitrogens with zero attached hydrogens (tertiary/aromatic N) is 2. The molecule has 2 atom stereocenters. The minimum atomic E-state index is -4.05. The first-order valence-electron chi connectivity index (χ1n) is 12.9. The fourth-order valence-electron chi connectivity index (χ4n) is 4.00. The van der Waals surface area contributed by atoms with Gasteiger partial charge in [0.2, 0.25) is 11.8 Å². The molecule has 0 bridgehead atoms. The Morgan fingerprint density at radius 3 is 2.03 bits per heavy atom. The summed E-state index contributed by atoms with van der Waals surface area (Å²) in [4.78, 5) is 28.4. The molecule has 0 aromatic heterocycles. The van der Waals surface area contributed by atoms with Gasteiger partial charge in [-0.25, -0.2) is 8.42 Å². The number of hydrogen-bond acceptors (Lipinski definition) is 4. The summed E-state index contributed by atoms with van der Waals surface area (Å²) in [6, 6.07) is 24.0. The Bertz CT molecular complexity index is 1300. The number of nitrogens with one attached hydrogen (secondary N) is 1. The molecule has 8 heteroatoms. The lowest BCUT2D eigenvalue weighted by Crippen LogP contribution is -2.53. The van der Waals surface area contributed by atoms with Crippen molar-refractivity contribution in [3.05, 3.63) is 96.1 Å². The molecular weight excluding hydrogens is 498 g/mol. The van der Waals surface area contributed by atoms with Gasteiger partial charge in [-0.3, -0.25) is 13.9 Å². The lowest BCUT2D eigenvalue weighted by Gasteiger charge is -2.32. The van der Waals surface area contributed by atoms with Crippen LogP contribution in [0.2, 0.25) is 0 Å². The Morgan fingerprint density at radius 1 is 0.868 bits per heavy atom. The van der Waals surface area contributed by atoms with E-state index in [1.807, 2.05) is 51.1 Å². The van der Waals surface area contributed by atoms with Crippen LogP contribution in [0, 0.1) is 6.92 Å². The summed E-state index contributed by atoms with van der Waals surface area (Å²) < 4.78 is 28.6. The molecule has 0 aliphatic rings. The van der Waals surface area contributed by atoms with E-state index in [2.05, 4.69) is 5.32 Å². The van der Waals surface area contributed by atoms with Crippen LogP contribution in [0.25, 0.3) is 0 Å². The van der Waals surface area contributed by atoms with Crippen molar-refractivity contribution in [2.45, 2.75) is 57.5 Å². The van der Waals surface area contributed by atoms with Crippen LogP contribution in [0.1, 0.15) is 38.3 Å². The van der Waals surface area contributed by atoms with Gasteiger partial charge in [0.25, 0.3) is 10.0 Å². The molecule has 0 heterocycles. The fraction of sp³-hybridized carbons (Fsp3) is 0.333. The molecule has 0 fully saturated rings. The van der Waals surface area contributed by atoms with E-state index in [1.165, 1.54) is 4.90 Å². The van der Waals surface area contributed by atoms with E-state index in [1.54, 1.807) is 61.5 Å². The zero-order valence-electron chi connectivity index (χ0n) is 22.5. The van der Waals surface area contributed by atoms with Crippen LogP contribution in [0.15, 0.2) is 89.8 Å². The number of sulfonamides is 1. The van der Waals surface area contributed by atoms with Crippen molar-refractivity contribution in [2.24, 2.45) is 0 Å². The van der Waals surface area contributed by atoms with Crippen molar-refractivity contribution < 1.29 is 18.0 Å². The van der Waals surface area contributed by atoms with E-state index in [9.17, 15) is 18.0 Å². The summed E-state index contributed by atoms with van der Waals surface area (Å²) >= 11 is 0. The first kappa shape index (κ1) is 28.9. The van der Waals surface area contributed by atoms with Gasteiger partial charge in [-0.05, 0) is 63.4 Å². The third kappa shape index (κ3) is 7.44. The van der Waals surface area contributed by atoms with Crippen molar-refractivity contribution >= 4 is 27.5 Å². The van der Waals surface area contributed by atoms with E-state index in [0.29, 0.717) is 12.1 Å². The fourth-order valence-corrected chi connectivity index (χ4v) is 5.41. The summed E-state index contributed by atoms with van der Waals surface area (Å²) in [6.07, 6.45) is 1.29. The first-order valence-corrected chi connectivity index (χ1v) is 14.4. The highest BCUT2D eigenvalue weighted by molar-refractivity contribution is 7.92. The standard InChI is InChI=1S/C30H37N3O4S/c1-5-24(3)31-30(35)25(4)32(21-20-26-12-8-6-9-13-26)29(34)22-33(27-14-10-7-11-15-27)38(36,37)28-18-16-23(2)17-19-28/h6-19,24-25H,5,20-22H2,1-4H3,(H,31,35)/t24-,25+/m0/s1. The Kier molecular flexibility index (Phi) is 10.1. The van der Waals surface area contributed by atoms with Crippen molar-refractivity contribution in [3.8, 4) is 0 Å². The van der Waals surface area contributed by atoms with Gasteiger partial charge in [-0.15, -0.1) is 0 Å². The van der Waals surface area contributed by atoms with E-state index in [-0.39, 0.29) is 23.4 Å². The van der Waals surface area contributed by atoms with Gasteiger partial charge in [0.15, 0.2) is 0 Å². The molecule has 0 radical (unpaired) electrons. The predicted octanol–water partition coefficient (Wildman–Crippen LogP) is 4.56. The molecule has 0 saturated carbocycles. The van der Waals surface area contributed by atoms with E-state index >= 15 is 0 Å². The average molecular weight is 536 g/mol. The number of anilines is 1. The predicted molar refractivity (Wildman–Crippen MR) is 151 cm³/mol. The molecule has 2 amide bonds. The molecule has 0 aliphatic heterocycles. The molecule has 0 saturated heterocycles. The van der Waals surface area contributed by atoms with E-state index < -0.39 is 28.5 Å². The van der Waals surface area contributed by atoms with Gasteiger partial charge in [-0.1, -0.05) is 73.2 Å². The molecule has 1 N–H and O–H groups in total. The highest BCUT2D eigenvalue weighted by Gasteiger charge is 2.32.